The maximum absolute atomic E-state index is 7.56. The average molecular weight is 343 g/mol. The maximum atomic E-state index is 7.56. The fraction of sp³-hybridized carbons (Fsp3) is 0.333. The molecule has 0 aromatic carbocycles. The van der Waals surface area contributed by atoms with Crippen LogP contribution in [0.25, 0.3) is 0 Å². The second kappa shape index (κ2) is 15.4. The van der Waals surface area contributed by atoms with Gasteiger partial charge in [-0.25, -0.2) is 0 Å². The summed E-state index contributed by atoms with van der Waals surface area (Å²) in [6.45, 7) is -2.36. The van der Waals surface area contributed by atoms with Gasteiger partial charge in [0.1, 0.15) is 0 Å². The molecule has 0 radical (unpaired) electrons. The Labute approximate surface area is 111 Å². The average Bonchev–Trinajstić information content (AvgIpc) is 1.52. The van der Waals surface area contributed by atoms with Crippen LogP contribution in [0.15, 0.2) is 12.7 Å². The van der Waals surface area contributed by atoms with E-state index in [0.717, 1.165) is 0 Å². The van der Waals surface area contributed by atoms with Crippen LogP contribution < -0.4 is 0 Å². The van der Waals surface area contributed by atoms with E-state index < -0.39 is 13.4 Å². The highest BCUT2D eigenvalue weighted by Gasteiger charge is 1.92. The Morgan fingerprint density at radius 1 is 0.867 bits per heavy atom. The molecule has 0 spiro atoms. The Balaban J connectivity index is -0.0000000322. The molecular weight excluding hydrogens is 329 g/mol. The van der Waals surface area contributed by atoms with Crippen LogP contribution in [0.5, 0.6) is 0 Å². The normalized spacial score (nSPS) is 8.73. The Morgan fingerprint density at radius 2 is 0.867 bits per heavy atom. The van der Waals surface area contributed by atoms with Crippen molar-refractivity contribution in [1.82, 2.24) is 0 Å². The summed E-state index contributed by atoms with van der Waals surface area (Å²) in [6, 6.07) is 0. The Hall–Kier alpha value is 1.38. The third-order valence-electron chi connectivity index (χ3n) is 0. The van der Waals surface area contributed by atoms with Crippen molar-refractivity contribution in [3.63, 3.8) is 0 Å². The van der Waals surface area contributed by atoms with Crippen LogP contribution in [0.4, 0.5) is 0 Å². The van der Waals surface area contributed by atoms with E-state index in [2.05, 4.69) is 30.2 Å². The lowest BCUT2D eigenvalue weighted by Gasteiger charge is -1.88. The summed E-state index contributed by atoms with van der Waals surface area (Å²) >= 11 is 7.21. The van der Waals surface area contributed by atoms with E-state index in [0.29, 0.717) is 0 Å². The Bertz CT molecular complexity index is 178. The quantitative estimate of drug-likeness (QED) is 0.276. The van der Waals surface area contributed by atoms with Gasteiger partial charge in [-0.1, -0.05) is 6.08 Å². The van der Waals surface area contributed by atoms with E-state index in [4.69, 9.17) is 29.4 Å². The molecular formula is C3H14Cl2O6P2S2. The molecule has 0 amide bonds. The van der Waals surface area contributed by atoms with E-state index >= 15 is 0 Å². The molecule has 0 saturated carbocycles. The zero-order valence-electron chi connectivity index (χ0n) is 7.50. The minimum atomic E-state index is -3.81. The summed E-state index contributed by atoms with van der Waals surface area (Å²) in [7, 11) is 0. The summed E-state index contributed by atoms with van der Waals surface area (Å²) < 4.78 is 0. The van der Waals surface area contributed by atoms with Crippen LogP contribution in [-0.4, -0.2) is 29.4 Å². The predicted molar refractivity (Wildman–Crippen MR) is 72.2 cm³/mol. The van der Waals surface area contributed by atoms with Crippen LogP contribution in [0.3, 0.4) is 0 Å². The van der Waals surface area contributed by atoms with E-state index in [-0.39, 0.29) is 24.8 Å². The van der Waals surface area contributed by atoms with Crippen LogP contribution in [0, 0.1) is 0 Å². The Morgan fingerprint density at radius 3 is 0.867 bits per heavy atom. The highest BCUT2D eigenvalue weighted by atomic mass is 35.5. The van der Waals surface area contributed by atoms with Gasteiger partial charge < -0.3 is 29.4 Å². The van der Waals surface area contributed by atoms with Gasteiger partial charge in [0.05, 0.1) is 0 Å². The van der Waals surface area contributed by atoms with Crippen molar-refractivity contribution in [1.29, 1.82) is 0 Å². The number of allylic oxidation sites excluding steroid dienone is 1. The van der Waals surface area contributed by atoms with Gasteiger partial charge in [0.25, 0.3) is 0 Å². The second-order valence-corrected chi connectivity index (χ2v) is 6.43. The molecule has 0 aliphatic heterocycles. The lowest BCUT2D eigenvalue weighted by Crippen LogP contribution is -1.65. The summed E-state index contributed by atoms with van der Waals surface area (Å²) in [5, 5.41) is 0. The van der Waals surface area contributed by atoms with Gasteiger partial charge in [-0.3, -0.25) is 0 Å². The molecule has 6 N–H and O–H groups in total. The van der Waals surface area contributed by atoms with Crippen molar-refractivity contribution in [3.8, 4) is 0 Å². The molecule has 0 atom stereocenters. The first kappa shape index (κ1) is 29.9. The molecule has 12 heteroatoms. The number of hydrogen-bond acceptors (Lipinski definition) is 2. The second-order valence-electron chi connectivity index (χ2n) is 1.43. The number of rotatable bonds is 0. The fourth-order valence-corrected chi connectivity index (χ4v) is 0. The van der Waals surface area contributed by atoms with Gasteiger partial charge in [0, 0.05) is 0 Å². The van der Waals surface area contributed by atoms with Crippen LogP contribution in [0.2, 0.25) is 0 Å². The zero-order chi connectivity index (χ0) is 11.7. The Kier molecular flexibility index (Phi) is 30.7. The maximum Gasteiger partial charge on any atom is 0.319 e. The van der Waals surface area contributed by atoms with Crippen molar-refractivity contribution in [3.05, 3.63) is 12.7 Å². The summed E-state index contributed by atoms with van der Waals surface area (Å²) in [6.07, 6.45) is 1.75. The molecule has 0 rings (SSSR count). The van der Waals surface area contributed by atoms with Crippen LogP contribution in [-0.2, 0) is 23.6 Å². The van der Waals surface area contributed by atoms with Gasteiger partial charge in [-0.15, -0.1) is 31.4 Å². The van der Waals surface area contributed by atoms with Crippen molar-refractivity contribution in [2.45, 2.75) is 6.92 Å². The third-order valence-corrected chi connectivity index (χ3v) is 0. The van der Waals surface area contributed by atoms with Gasteiger partial charge in [-0.2, -0.15) is 0 Å². The minimum absolute atomic E-state index is 0. The lowest BCUT2D eigenvalue weighted by molar-refractivity contribution is 0.361. The fourth-order valence-electron chi connectivity index (χ4n) is 0. The van der Waals surface area contributed by atoms with E-state index in [1.54, 1.807) is 6.08 Å². The SMILES string of the molecule is C=CC.Cl.Cl.OP(O)(O)=S.OP(O)(O)=S. The number of hydrogen-bond donors (Lipinski definition) is 6. The first-order valence-corrected chi connectivity index (χ1v) is 7.87. The number of halogens is 2. The lowest BCUT2D eigenvalue weighted by atomic mass is 10.8. The molecule has 0 aliphatic carbocycles. The summed E-state index contributed by atoms with van der Waals surface area (Å²) in [5.74, 6) is 0. The topological polar surface area (TPSA) is 121 Å². The molecule has 0 aromatic heterocycles. The largest absolute Gasteiger partial charge is 0.325 e. The van der Waals surface area contributed by atoms with E-state index in [1.165, 1.54) is 0 Å². The van der Waals surface area contributed by atoms with Crippen molar-refractivity contribution < 1.29 is 29.4 Å². The zero-order valence-corrected chi connectivity index (χ0v) is 12.5. The molecule has 0 bridgehead atoms. The standard InChI is InChI=1S/C3H6.2ClH.2H3O3PS/c1-3-2;;;2*1-4(2,3)5/h3H,1H2,2H3;2*1H;2*(H3,1,2,3,5). The summed E-state index contributed by atoms with van der Waals surface area (Å²) in [5.41, 5.74) is 0. The van der Waals surface area contributed by atoms with Crippen LogP contribution >= 0.6 is 38.3 Å². The molecule has 98 valence electrons. The highest BCUT2D eigenvalue weighted by molar-refractivity contribution is 8.06. The minimum Gasteiger partial charge on any atom is -0.325 e. The molecule has 0 fully saturated rings. The van der Waals surface area contributed by atoms with Gasteiger partial charge in [0.15, 0.2) is 0 Å². The molecule has 15 heavy (non-hydrogen) atoms. The van der Waals surface area contributed by atoms with Gasteiger partial charge in [0.2, 0.25) is 0 Å². The smallest absolute Gasteiger partial charge is 0.319 e. The third kappa shape index (κ3) is 1450. The van der Waals surface area contributed by atoms with E-state index in [9.17, 15) is 0 Å². The van der Waals surface area contributed by atoms with Crippen molar-refractivity contribution in [2.24, 2.45) is 0 Å². The molecule has 0 aliphatic rings. The van der Waals surface area contributed by atoms with Gasteiger partial charge >= 0.3 is 13.4 Å². The first-order chi connectivity index (χ1) is 5.41. The molecule has 0 saturated heterocycles. The van der Waals surface area contributed by atoms with Crippen LogP contribution in [0.1, 0.15) is 6.92 Å². The van der Waals surface area contributed by atoms with E-state index in [1.807, 2.05) is 6.92 Å². The molecule has 6 nitrogen and oxygen atoms in total. The predicted octanol–water partition coefficient (Wildman–Crippen LogP) is 0.412. The van der Waals surface area contributed by atoms with Crippen molar-refractivity contribution in [2.75, 3.05) is 0 Å². The first-order valence-electron chi connectivity index (χ1n) is 2.55. The monoisotopic (exact) mass is 342 g/mol. The summed E-state index contributed by atoms with van der Waals surface area (Å²) in [4.78, 5) is 45.3. The van der Waals surface area contributed by atoms with Crippen molar-refractivity contribution >= 4 is 61.9 Å². The molecule has 0 heterocycles. The van der Waals surface area contributed by atoms with Gasteiger partial charge in [-0.05, 0) is 30.5 Å². The highest BCUT2D eigenvalue weighted by Crippen LogP contribution is 2.26. The molecule has 0 aromatic rings. The molecule has 0 unspecified atom stereocenters.